The Hall–Kier alpha value is -3.73. The molecule has 0 atom stereocenters. The number of carboxylic acids is 1. The van der Waals surface area contributed by atoms with Crippen LogP contribution in [0.1, 0.15) is 16.7 Å². The number of hydrogen-bond acceptors (Lipinski definition) is 5. The number of hydrogen-bond donors (Lipinski definition) is 3. The van der Waals surface area contributed by atoms with Gasteiger partial charge in [-0.15, -0.1) is 0 Å². The fraction of sp³-hybridized carbons (Fsp3) is 0.211. The molecule has 3 N–H and O–H groups in total. The highest BCUT2D eigenvalue weighted by Gasteiger charge is 2.18. The van der Waals surface area contributed by atoms with E-state index in [0.717, 1.165) is 11.1 Å². The summed E-state index contributed by atoms with van der Waals surface area (Å²) < 4.78 is 10.9. The lowest BCUT2D eigenvalue weighted by Crippen LogP contribution is -2.35. The topological polar surface area (TPSA) is 116 Å². The number of aryl methyl sites for hydroxylation is 1. The van der Waals surface area contributed by atoms with Gasteiger partial charge in [0.05, 0.1) is 18.2 Å². The van der Waals surface area contributed by atoms with Crippen LogP contribution in [-0.2, 0) is 11.3 Å². The SMILES string of the molecule is Cc1cc(CN=C(NCC(=O)O)Nc2ccc(C#N)cc2)c2c(c1)OCO2. The van der Waals surface area contributed by atoms with E-state index in [9.17, 15) is 4.79 Å². The number of aliphatic carboxylic acids is 1. The number of aliphatic imine (C=N–C) groups is 1. The van der Waals surface area contributed by atoms with Crippen LogP contribution >= 0.6 is 0 Å². The maximum absolute atomic E-state index is 10.9. The molecule has 0 aromatic heterocycles. The van der Waals surface area contributed by atoms with E-state index in [1.54, 1.807) is 24.3 Å². The highest BCUT2D eigenvalue weighted by molar-refractivity contribution is 5.95. The normalized spacial score (nSPS) is 12.4. The van der Waals surface area contributed by atoms with Gasteiger partial charge < -0.3 is 25.2 Å². The third kappa shape index (κ3) is 4.67. The molecule has 0 amide bonds. The summed E-state index contributed by atoms with van der Waals surface area (Å²) in [5.74, 6) is 0.634. The molecule has 0 saturated heterocycles. The Morgan fingerprint density at radius 2 is 2.07 bits per heavy atom. The maximum Gasteiger partial charge on any atom is 0.322 e. The first-order chi connectivity index (χ1) is 13.0. The number of guanidine groups is 1. The number of nitrogens with zero attached hydrogens (tertiary/aromatic N) is 2. The molecule has 0 aliphatic carbocycles. The van der Waals surface area contributed by atoms with Crippen molar-refractivity contribution in [2.45, 2.75) is 13.5 Å². The van der Waals surface area contributed by atoms with Crippen LogP contribution in [0.3, 0.4) is 0 Å². The molecule has 1 heterocycles. The molecule has 138 valence electrons. The number of carboxylic acid groups (broad SMARTS) is 1. The molecular weight excluding hydrogens is 348 g/mol. The Kier molecular flexibility index (Phi) is 5.42. The zero-order valence-corrected chi connectivity index (χ0v) is 14.7. The Balaban J connectivity index is 1.80. The van der Waals surface area contributed by atoms with Gasteiger partial charge in [0.15, 0.2) is 17.5 Å². The molecule has 2 aromatic carbocycles. The molecule has 2 aromatic rings. The van der Waals surface area contributed by atoms with Crippen LogP contribution in [0.2, 0.25) is 0 Å². The van der Waals surface area contributed by atoms with Crippen LogP contribution < -0.4 is 20.1 Å². The molecule has 3 rings (SSSR count). The Labute approximate surface area is 156 Å². The highest BCUT2D eigenvalue weighted by Crippen LogP contribution is 2.37. The fourth-order valence-electron chi connectivity index (χ4n) is 2.58. The predicted octanol–water partition coefficient (Wildman–Crippen LogP) is 2.24. The van der Waals surface area contributed by atoms with Crippen molar-refractivity contribution in [3.05, 3.63) is 53.1 Å². The molecule has 0 unspecified atom stereocenters. The molecule has 0 bridgehead atoms. The molecule has 1 aliphatic heterocycles. The summed E-state index contributed by atoms with van der Waals surface area (Å²) in [5, 5.41) is 23.6. The maximum atomic E-state index is 10.9. The van der Waals surface area contributed by atoms with Gasteiger partial charge in [-0.1, -0.05) is 6.07 Å². The lowest BCUT2D eigenvalue weighted by Gasteiger charge is -2.12. The standard InChI is InChI=1S/C19H18N4O4/c1-12-6-14(18-16(7-12)26-11-27-18)9-21-19(22-10-17(24)25)23-15-4-2-13(8-20)3-5-15/h2-7H,9-11H2,1H3,(H,24,25)(H2,21,22,23). The summed E-state index contributed by atoms with van der Waals surface area (Å²) in [4.78, 5) is 15.3. The minimum Gasteiger partial charge on any atom is -0.480 e. The Morgan fingerprint density at radius 1 is 1.30 bits per heavy atom. The van der Waals surface area contributed by atoms with Crippen molar-refractivity contribution in [2.75, 3.05) is 18.7 Å². The number of nitriles is 1. The number of fused-ring (bicyclic) bond motifs is 1. The zero-order valence-electron chi connectivity index (χ0n) is 14.7. The van der Waals surface area contributed by atoms with Gasteiger partial charge in [-0.05, 0) is 42.8 Å². The second kappa shape index (κ2) is 8.10. The average molecular weight is 366 g/mol. The number of rotatable bonds is 5. The van der Waals surface area contributed by atoms with E-state index in [1.165, 1.54) is 0 Å². The van der Waals surface area contributed by atoms with Crippen molar-refractivity contribution >= 4 is 17.6 Å². The number of carbonyl (C=O) groups is 1. The second-order valence-electron chi connectivity index (χ2n) is 5.88. The van der Waals surface area contributed by atoms with Gasteiger partial charge in [-0.3, -0.25) is 4.79 Å². The lowest BCUT2D eigenvalue weighted by molar-refractivity contribution is -0.135. The fourth-order valence-corrected chi connectivity index (χ4v) is 2.58. The zero-order chi connectivity index (χ0) is 19.2. The minimum atomic E-state index is -1.00. The quantitative estimate of drug-likeness (QED) is 0.549. The van der Waals surface area contributed by atoms with E-state index < -0.39 is 5.97 Å². The van der Waals surface area contributed by atoms with Gasteiger partial charge in [0.25, 0.3) is 0 Å². The summed E-state index contributed by atoms with van der Waals surface area (Å²) in [6, 6.07) is 12.7. The smallest absolute Gasteiger partial charge is 0.322 e. The van der Waals surface area contributed by atoms with Crippen LogP contribution in [-0.4, -0.2) is 30.4 Å². The summed E-state index contributed by atoms with van der Waals surface area (Å²) in [7, 11) is 0. The molecule has 8 nitrogen and oxygen atoms in total. The third-order valence-electron chi connectivity index (χ3n) is 3.79. The summed E-state index contributed by atoms with van der Waals surface area (Å²) in [6.07, 6.45) is 0. The molecule has 0 radical (unpaired) electrons. The van der Waals surface area contributed by atoms with E-state index >= 15 is 0 Å². The van der Waals surface area contributed by atoms with Crippen LogP contribution in [0.25, 0.3) is 0 Å². The van der Waals surface area contributed by atoms with Gasteiger partial charge in [0, 0.05) is 11.3 Å². The lowest BCUT2D eigenvalue weighted by atomic mass is 10.1. The molecule has 0 spiro atoms. The van der Waals surface area contributed by atoms with Crippen LogP contribution in [0.4, 0.5) is 5.69 Å². The molecular formula is C19H18N4O4. The number of benzene rings is 2. The average Bonchev–Trinajstić information content (AvgIpc) is 3.12. The van der Waals surface area contributed by atoms with Crippen LogP contribution in [0.5, 0.6) is 11.5 Å². The van der Waals surface area contributed by atoms with Crippen molar-refractivity contribution in [3.8, 4) is 17.6 Å². The number of nitrogens with one attached hydrogen (secondary N) is 2. The summed E-state index contributed by atoms with van der Waals surface area (Å²) in [5.41, 5.74) is 3.08. The highest BCUT2D eigenvalue weighted by atomic mass is 16.7. The van der Waals surface area contributed by atoms with Gasteiger partial charge in [0.1, 0.15) is 6.54 Å². The first-order valence-corrected chi connectivity index (χ1v) is 8.21. The predicted molar refractivity (Wildman–Crippen MR) is 98.9 cm³/mol. The van der Waals surface area contributed by atoms with Crippen molar-refractivity contribution in [3.63, 3.8) is 0 Å². The Bertz CT molecular complexity index is 917. The van der Waals surface area contributed by atoms with E-state index in [1.807, 2.05) is 25.1 Å². The second-order valence-corrected chi connectivity index (χ2v) is 5.88. The summed E-state index contributed by atoms with van der Waals surface area (Å²) >= 11 is 0. The van der Waals surface area contributed by atoms with Gasteiger partial charge in [-0.2, -0.15) is 5.26 Å². The largest absolute Gasteiger partial charge is 0.480 e. The monoisotopic (exact) mass is 366 g/mol. The first kappa shape index (κ1) is 18.1. The molecule has 1 aliphatic rings. The van der Waals surface area contributed by atoms with Gasteiger partial charge in [0.2, 0.25) is 6.79 Å². The van der Waals surface area contributed by atoms with Crippen molar-refractivity contribution in [2.24, 2.45) is 4.99 Å². The third-order valence-corrected chi connectivity index (χ3v) is 3.79. The van der Waals surface area contributed by atoms with Crippen molar-refractivity contribution in [1.82, 2.24) is 5.32 Å². The molecule has 0 saturated carbocycles. The van der Waals surface area contributed by atoms with Crippen molar-refractivity contribution < 1.29 is 19.4 Å². The number of ether oxygens (including phenoxy) is 2. The van der Waals surface area contributed by atoms with E-state index in [0.29, 0.717) is 28.7 Å². The van der Waals surface area contributed by atoms with E-state index in [-0.39, 0.29) is 19.9 Å². The van der Waals surface area contributed by atoms with Crippen LogP contribution in [0, 0.1) is 18.3 Å². The molecule has 27 heavy (non-hydrogen) atoms. The van der Waals surface area contributed by atoms with E-state index in [4.69, 9.17) is 19.8 Å². The molecule has 8 heteroatoms. The number of anilines is 1. The molecule has 0 fully saturated rings. The first-order valence-electron chi connectivity index (χ1n) is 8.21. The van der Waals surface area contributed by atoms with Gasteiger partial charge >= 0.3 is 5.97 Å². The minimum absolute atomic E-state index is 0.170. The van der Waals surface area contributed by atoms with Gasteiger partial charge in [-0.25, -0.2) is 4.99 Å². The van der Waals surface area contributed by atoms with Crippen molar-refractivity contribution in [1.29, 1.82) is 5.26 Å². The van der Waals surface area contributed by atoms with E-state index in [2.05, 4.69) is 15.6 Å². The summed E-state index contributed by atoms with van der Waals surface area (Å²) in [6.45, 7) is 2.11. The Morgan fingerprint density at radius 3 is 2.78 bits per heavy atom. The van der Waals surface area contributed by atoms with Crippen LogP contribution in [0.15, 0.2) is 41.4 Å².